The number of nitrogens with zero attached hydrogens (tertiary/aromatic N) is 4. The summed E-state index contributed by atoms with van der Waals surface area (Å²) in [5, 5.41) is 22.9. The zero-order valence-corrected chi connectivity index (χ0v) is 16.4. The van der Waals surface area contributed by atoms with Gasteiger partial charge in [0, 0.05) is 20.0 Å². The third-order valence-electron chi connectivity index (χ3n) is 4.37. The number of rotatable bonds is 7. The Morgan fingerprint density at radius 2 is 2.28 bits per heavy atom. The van der Waals surface area contributed by atoms with Crippen molar-refractivity contribution in [3.8, 4) is 5.75 Å². The second-order valence-electron chi connectivity index (χ2n) is 6.33. The van der Waals surface area contributed by atoms with Crippen molar-refractivity contribution < 1.29 is 19.8 Å². The fourth-order valence-corrected chi connectivity index (χ4v) is 2.90. The minimum atomic E-state index is -0.662. The summed E-state index contributed by atoms with van der Waals surface area (Å²) in [5.41, 5.74) is 0.476. The van der Waals surface area contributed by atoms with Gasteiger partial charge >= 0.3 is 5.82 Å². The molecular weight excluding hydrogens is 402 g/mol. The SMILES string of the molecule is CNc1c([N+](=O)[O-])ncc(O/C(C=N)=C2\C=NC(N(C)C(=O)C3CC3)=C[NH2+]2)c1Cl. The molecular formula is C17H19ClN7O4+. The lowest BCUT2D eigenvalue weighted by Gasteiger charge is -2.18. The highest BCUT2D eigenvalue weighted by molar-refractivity contribution is 6.35. The second kappa shape index (κ2) is 8.37. The van der Waals surface area contributed by atoms with E-state index in [2.05, 4.69) is 15.3 Å². The zero-order valence-electron chi connectivity index (χ0n) is 15.7. The maximum absolute atomic E-state index is 12.1. The second-order valence-corrected chi connectivity index (χ2v) is 6.71. The Morgan fingerprint density at radius 3 is 2.79 bits per heavy atom. The van der Waals surface area contributed by atoms with Crippen molar-refractivity contribution in [1.29, 1.82) is 5.41 Å². The Hall–Kier alpha value is -3.31. The number of aromatic nitrogens is 1. The molecule has 0 atom stereocenters. The molecule has 1 aliphatic carbocycles. The number of ether oxygens (including phenoxy) is 1. The molecule has 1 aromatic rings. The molecule has 0 radical (unpaired) electrons. The van der Waals surface area contributed by atoms with Crippen molar-refractivity contribution >= 4 is 41.4 Å². The number of pyridine rings is 1. The van der Waals surface area contributed by atoms with Crippen LogP contribution in [0.5, 0.6) is 5.75 Å². The summed E-state index contributed by atoms with van der Waals surface area (Å²) in [5.74, 6) is 0.316. The molecule has 0 bridgehead atoms. The standard InChI is InChI=1S/C17H18ClN7O4/c1-20-15-14(18)12(7-23-16(15)25(27)28)29-11(5-19)10-6-22-13(8-21-10)24(2)17(26)9-3-4-9/h5-9,19-21H,3-4H2,1-2H3/p+1/b11-10+,19-5?. The van der Waals surface area contributed by atoms with Crippen LogP contribution in [0.4, 0.5) is 11.5 Å². The molecule has 0 spiro atoms. The third-order valence-corrected chi connectivity index (χ3v) is 4.75. The summed E-state index contributed by atoms with van der Waals surface area (Å²) in [4.78, 5) is 32.0. The van der Waals surface area contributed by atoms with Crippen LogP contribution in [-0.4, -0.2) is 47.2 Å². The monoisotopic (exact) mass is 420 g/mol. The highest BCUT2D eigenvalue weighted by Gasteiger charge is 2.34. The topological polar surface area (TPSA) is 150 Å². The Bertz CT molecular complexity index is 969. The van der Waals surface area contributed by atoms with Gasteiger partial charge in [0.15, 0.2) is 29.2 Å². The van der Waals surface area contributed by atoms with E-state index >= 15 is 0 Å². The van der Waals surface area contributed by atoms with Crippen molar-refractivity contribution in [1.82, 2.24) is 9.88 Å². The number of halogens is 1. The van der Waals surface area contributed by atoms with Gasteiger partial charge in [0.2, 0.25) is 11.7 Å². The number of allylic oxidation sites excluding steroid dienone is 2. The number of quaternary nitrogens is 1. The van der Waals surface area contributed by atoms with Crippen molar-refractivity contribution in [3.05, 3.63) is 44.8 Å². The number of hydrogen-bond donors (Lipinski definition) is 3. The maximum atomic E-state index is 12.1. The molecule has 0 unspecified atom stereocenters. The van der Waals surface area contributed by atoms with E-state index in [4.69, 9.17) is 21.7 Å². The average Bonchev–Trinajstić information content (AvgIpc) is 3.57. The molecule has 3 rings (SSSR count). The summed E-state index contributed by atoms with van der Waals surface area (Å²) >= 11 is 6.20. The van der Waals surface area contributed by atoms with E-state index in [1.54, 1.807) is 18.6 Å². The first-order valence-electron chi connectivity index (χ1n) is 8.67. The molecule has 2 aliphatic rings. The lowest BCUT2D eigenvalue weighted by atomic mass is 10.3. The number of aliphatic imine (C=N–C) groups is 1. The quantitative estimate of drug-likeness (QED) is 0.261. The van der Waals surface area contributed by atoms with Crippen LogP contribution >= 0.6 is 11.6 Å². The lowest BCUT2D eigenvalue weighted by molar-refractivity contribution is -0.529. The van der Waals surface area contributed by atoms with E-state index in [0.717, 1.165) is 25.3 Å². The average molecular weight is 421 g/mol. The van der Waals surface area contributed by atoms with E-state index in [-0.39, 0.29) is 34.0 Å². The van der Waals surface area contributed by atoms with Crippen LogP contribution in [0, 0.1) is 21.4 Å². The van der Waals surface area contributed by atoms with Crippen LogP contribution in [0.15, 0.2) is 34.7 Å². The third kappa shape index (κ3) is 4.25. The first-order chi connectivity index (χ1) is 13.9. The predicted octanol–water partition coefficient (Wildman–Crippen LogP) is 1.24. The molecule has 1 fully saturated rings. The van der Waals surface area contributed by atoms with Gasteiger partial charge in [0.25, 0.3) is 0 Å². The van der Waals surface area contributed by atoms with Gasteiger partial charge in [-0.2, -0.15) is 0 Å². The first-order valence-corrected chi connectivity index (χ1v) is 9.05. The van der Waals surface area contributed by atoms with E-state index in [9.17, 15) is 14.9 Å². The van der Waals surface area contributed by atoms with Gasteiger partial charge in [-0.1, -0.05) is 11.6 Å². The molecule has 11 nitrogen and oxygen atoms in total. The number of hydrogen-bond acceptors (Lipinski definition) is 8. The lowest BCUT2D eigenvalue weighted by Crippen LogP contribution is -2.78. The maximum Gasteiger partial charge on any atom is 0.388 e. The molecule has 1 aliphatic heterocycles. The van der Waals surface area contributed by atoms with E-state index in [1.807, 2.05) is 0 Å². The molecule has 1 aromatic heterocycles. The van der Waals surface area contributed by atoms with Gasteiger partial charge in [0.1, 0.15) is 11.2 Å². The highest BCUT2D eigenvalue weighted by Crippen LogP contribution is 2.37. The van der Waals surface area contributed by atoms with Gasteiger partial charge < -0.3 is 25.6 Å². The fraction of sp³-hybridized carbons (Fsp3) is 0.294. The van der Waals surface area contributed by atoms with Crippen LogP contribution < -0.4 is 15.4 Å². The van der Waals surface area contributed by atoms with Gasteiger partial charge in [-0.3, -0.25) is 15.0 Å². The molecule has 29 heavy (non-hydrogen) atoms. The van der Waals surface area contributed by atoms with E-state index < -0.39 is 10.7 Å². The molecule has 1 saturated carbocycles. The highest BCUT2D eigenvalue weighted by atomic mass is 35.5. The van der Waals surface area contributed by atoms with Crippen LogP contribution in [0.1, 0.15) is 12.8 Å². The first kappa shape index (κ1) is 20.4. The zero-order chi connectivity index (χ0) is 21.1. The predicted molar refractivity (Wildman–Crippen MR) is 106 cm³/mol. The number of nitrogens with two attached hydrogens (primary N) is 1. The summed E-state index contributed by atoms with van der Waals surface area (Å²) in [6, 6.07) is 0. The van der Waals surface area contributed by atoms with Gasteiger partial charge in [0.05, 0.1) is 12.4 Å². The minimum absolute atomic E-state index is 0.00665. The molecule has 12 heteroatoms. The minimum Gasteiger partial charge on any atom is -0.444 e. The van der Waals surface area contributed by atoms with Crippen LogP contribution in [-0.2, 0) is 4.79 Å². The summed E-state index contributed by atoms with van der Waals surface area (Å²) < 4.78 is 5.65. The van der Waals surface area contributed by atoms with Crippen LogP contribution in [0.3, 0.4) is 0 Å². The number of amides is 1. The van der Waals surface area contributed by atoms with Gasteiger partial charge in [-0.25, -0.2) is 4.99 Å². The van der Waals surface area contributed by atoms with Gasteiger partial charge in [-0.15, -0.1) is 0 Å². The molecule has 1 amide bonds. The summed E-state index contributed by atoms with van der Waals surface area (Å²) in [7, 11) is 3.14. The fourth-order valence-electron chi connectivity index (χ4n) is 2.63. The molecule has 2 heterocycles. The molecule has 0 saturated heterocycles. The van der Waals surface area contributed by atoms with Crippen molar-refractivity contribution in [3.63, 3.8) is 0 Å². The van der Waals surface area contributed by atoms with Crippen LogP contribution in [0.25, 0.3) is 0 Å². The number of carbonyl (C=O) groups excluding carboxylic acids is 1. The number of nitrogens with one attached hydrogen (secondary N) is 2. The smallest absolute Gasteiger partial charge is 0.388 e. The Kier molecular flexibility index (Phi) is 5.89. The molecule has 4 N–H and O–H groups in total. The normalized spacial score (nSPS) is 17.3. The largest absolute Gasteiger partial charge is 0.444 e. The Labute approximate surface area is 170 Å². The van der Waals surface area contributed by atoms with E-state index in [0.29, 0.717) is 11.5 Å². The number of carbonyl (C=O) groups is 1. The number of anilines is 1. The Morgan fingerprint density at radius 1 is 1.55 bits per heavy atom. The Balaban J connectivity index is 1.81. The number of nitro groups is 1. The van der Waals surface area contributed by atoms with Crippen molar-refractivity contribution in [2.24, 2.45) is 10.9 Å². The van der Waals surface area contributed by atoms with Crippen LogP contribution in [0.2, 0.25) is 5.02 Å². The van der Waals surface area contributed by atoms with Gasteiger partial charge in [-0.05, 0) is 22.7 Å². The van der Waals surface area contributed by atoms with Crippen molar-refractivity contribution in [2.45, 2.75) is 12.8 Å². The molecule has 0 aromatic carbocycles. The summed E-state index contributed by atoms with van der Waals surface area (Å²) in [6.45, 7) is 0. The van der Waals surface area contributed by atoms with Crippen molar-refractivity contribution in [2.75, 3.05) is 19.4 Å². The summed E-state index contributed by atoms with van der Waals surface area (Å²) in [6.07, 6.45) is 7.01. The van der Waals surface area contributed by atoms with E-state index in [1.165, 1.54) is 18.2 Å². The molecule has 152 valence electrons.